The third kappa shape index (κ3) is 5.45. The Bertz CT molecular complexity index is 748. The summed E-state index contributed by atoms with van der Waals surface area (Å²) in [6, 6.07) is 13.9. The molecule has 2 aromatic rings. The number of benzene rings is 2. The fourth-order valence-electron chi connectivity index (χ4n) is 2.93. The van der Waals surface area contributed by atoms with Crippen molar-refractivity contribution in [3.8, 4) is 0 Å². The minimum atomic E-state index is -0.0295. The topological polar surface area (TPSA) is 49.4 Å². The molecular weight excluding hydrogens is 312 g/mol. The van der Waals surface area contributed by atoms with Crippen LogP contribution in [-0.2, 0) is 16.0 Å². The first kappa shape index (κ1) is 18.7. The summed E-state index contributed by atoms with van der Waals surface area (Å²) >= 11 is 0. The van der Waals surface area contributed by atoms with Gasteiger partial charge in [-0.1, -0.05) is 30.3 Å². The first-order chi connectivity index (χ1) is 11.9. The lowest BCUT2D eigenvalue weighted by atomic mass is 10.1. The molecule has 0 aliphatic carbocycles. The highest BCUT2D eigenvalue weighted by Gasteiger charge is 2.13. The fraction of sp³-hybridized carbons (Fsp3) is 0.333. The third-order valence-electron chi connectivity index (χ3n) is 4.17. The molecule has 0 heterocycles. The van der Waals surface area contributed by atoms with Gasteiger partial charge < -0.3 is 10.2 Å². The summed E-state index contributed by atoms with van der Waals surface area (Å²) in [7, 11) is 0. The van der Waals surface area contributed by atoms with Crippen molar-refractivity contribution in [3.63, 3.8) is 0 Å². The summed E-state index contributed by atoms with van der Waals surface area (Å²) in [6.45, 7) is 8.46. The van der Waals surface area contributed by atoms with Gasteiger partial charge in [0.1, 0.15) is 0 Å². The summed E-state index contributed by atoms with van der Waals surface area (Å²) in [5, 5.41) is 2.91. The van der Waals surface area contributed by atoms with Crippen LogP contribution >= 0.6 is 0 Å². The van der Waals surface area contributed by atoms with Crippen LogP contribution in [0.15, 0.2) is 42.5 Å². The second-order valence-electron chi connectivity index (χ2n) is 6.47. The molecule has 25 heavy (non-hydrogen) atoms. The lowest BCUT2D eigenvalue weighted by Gasteiger charge is -2.22. The summed E-state index contributed by atoms with van der Waals surface area (Å²) in [5.41, 5.74) is 5.24. The molecule has 132 valence electrons. The van der Waals surface area contributed by atoms with Gasteiger partial charge in [-0.15, -0.1) is 0 Å². The smallest absolute Gasteiger partial charge is 0.224 e. The van der Waals surface area contributed by atoms with E-state index in [9.17, 15) is 9.59 Å². The molecule has 0 bridgehead atoms. The van der Waals surface area contributed by atoms with Gasteiger partial charge in [-0.2, -0.15) is 0 Å². The molecule has 2 rings (SSSR count). The van der Waals surface area contributed by atoms with Crippen molar-refractivity contribution >= 4 is 17.5 Å². The van der Waals surface area contributed by atoms with Crippen molar-refractivity contribution in [1.82, 2.24) is 5.32 Å². The highest BCUT2D eigenvalue weighted by molar-refractivity contribution is 5.91. The normalized spacial score (nSPS) is 10.4. The van der Waals surface area contributed by atoms with Crippen molar-refractivity contribution < 1.29 is 9.59 Å². The van der Waals surface area contributed by atoms with Crippen LogP contribution in [0.3, 0.4) is 0 Å². The van der Waals surface area contributed by atoms with E-state index in [1.807, 2.05) is 57.2 Å². The van der Waals surface area contributed by atoms with Crippen LogP contribution in [0.2, 0.25) is 0 Å². The number of aryl methyl sites for hydroxylation is 3. The van der Waals surface area contributed by atoms with E-state index < -0.39 is 0 Å². The van der Waals surface area contributed by atoms with Gasteiger partial charge in [0.25, 0.3) is 0 Å². The Labute approximate surface area is 149 Å². The predicted octanol–water partition coefficient (Wildman–Crippen LogP) is 3.32. The van der Waals surface area contributed by atoms with E-state index in [0.29, 0.717) is 19.5 Å². The van der Waals surface area contributed by atoms with Gasteiger partial charge in [0.05, 0.1) is 6.42 Å². The number of nitrogens with zero attached hydrogens (tertiary/aromatic N) is 1. The Morgan fingerprint density at radius 1 is 1.00 bits per heavy atom. The second-order valence-corrected chi connectivity index (χ2v) is 6.47. The molecule has 0 radical (unpaired) electrons. The van der Waals surface area contributed by atoms with Crippen LogP contribution in [0.1, 0.15) is 29.2 Å². The van der Waals surface area contributed by atoms with Gasteiger partial charge >= 0.3 is 0 Å². The first-order valence-electron chi connectivity index (χ1n) is 8.54. The Morgan fingerprint density at radius 3 is 2.24 bits per heavy atom. The van der Waals surface area contributed by atoms with Gasteiger partial charge in [0, 0.05) is 25.7 Å². The summed E-state index contributed by atoms with van der Waals surface area (Å²) in [4.78, 5) is 25.8. The number of nitrogens with one attached hydrogen (secondary N) is 1. The van der Waals surface area contributed by atoms with E-state index in [2.05, 4.69) is 11.4 Å². The predicted molar refractivity (Wildman–Crippen MR) is 102 cm³/mol. The number of carbonyl (C=O) groups is 2. The number of anilines is 1. The SMILES string of the molecule is CC(=O)N(CCNC(=O)Cc1ccccc1C)c1cc(C)cc(C)c1. The van der Waals surface area contributed by atoms with Crippen molar-refractivity contribution in [2.75, 3.05) is 18.0 Å². The average molecular weight is 338 g/mol. The van der Waals surface area contributed by atoms with Crippen LogP contribution in [0, 0.1) is 20.8 Å². The van der Waals surface area contributed by atoms with E-state index in [0.717, 1.165) is 27.9 Å². The van der Waals surface area contributed by atoms with E-state index in [1.54, 1.807) is 11.8 Å². The minimum absolute atomic E-state index is 0.0294. The van der Waals surface area contributed by atoms with Crippen LogP contribution in [0.4, 0.5) is 5.69 Å². The van der Waals surface area contributed by atoms with Crippen LogP contribution in [0.5, 0.6) is 0 Å². The molecule has 0 aliphatic heterocycles. The summed E-state index contributed by atoms with van der Waals surface area (Å²) in [6.07, 6.45) is 0.357. The number of amides is 2. The lowest BCUT2D eigenvalue weighted by molar-refractivity contribution is -0.121. The molecule has 2 amide bonds. The Morgan fingerprint density at radius 2 is 1.64 bits per heavy atom. The Kier molecular flexibility index (Phi) is 6.34. The quantitative estimate of drug-likeness (QED) is 0.878. The highest BCUT2D eigenvalue weighted by atomic mass is 16.2. The molecule has 1 N–H and O–H groups in total. The zero-order valence-corrected chi connectivity index (χ0v) is 15.4. The maximum absolute atomic E-state index is 12.1. The average Bonchev–Trinajstić information content (AvgIpc) is 2.52. The number of hydrogen-bond acceptors (Lipinski definition) is 2. The van der Waals surface area contributed by atoms with Gasteiger partial charge in [-0.25, -0.2) is 0 Å². The molecule has 4 nitrogen and oxygen atoms in total. The monoisotopic (exact) mass is 338 g/mol. The van der Waals surface area contributed by atoms with E-state index in [1.165, 1.54) is 0 Å². The number of hydrogen-bond donors (Lipinski definition) is 1. The van der Waals surface area contributed by atoms with Crippen molar-refractivity contribution in [2.24, 2.45) is 0 Å². The van der Waals surface area contributed by atoms with E-state index in [4.69, 9.17) is 0 Å². The molecule has 4 heteroatoms. The van der Waals surface area contributed by atoms with Crippen LogP contribution < -0.4 is 10.2 Å². The maximum atomic E-state index is 12.1. The van der Waals surface area contributed by atoms with Crippen LogP contribution in [-0.4, -0.2) is 24.9 Å². The zero-order chi connectivity index (χ0) is 18.4. The molecule has 0 aliphatic rings. The van der Waals surface area contributed by atoms with Gasteiger partial charge in [0.2, 0.25) is 11.8 Å². The van der Waals surface area contributed by atoms with E-state index in [-0.39, 0.29) is 11.8 Å². The largest absolute Gasteiger partial charge is 0.354 e. The van der Waals surface area contributed by atoms with Gasteiger partial charge in [0.15, 0.2) is 0 Å². The third-order valence-corrected chi connectivity index (χ3v) is 4.17. The molecule has 0 aromatic heterocycles. The van der Waals surface area contributed by atoms with Gasteiger partial charge in [-0.3, -0.25) is 9.59 Å². The standard InChI is InChI=1S/C21H26N2O2/c1-15-11-16(2)13-20(12-15)23(18(4)24)10-9-22-21(25)14-19-8-6-5-7-17(19)3/h5-8,11-13H,9-10,14H2,1-4H3,(H,22,25). The molecular formula is C21H26N2O2. The molecule has 0 unspecified atom stereocenters. The second kappa shape index (κ2) is 8.47. The fourth-order valence-corrected chi connectivity index (χ4v) is 2.93. The summed E-state index contributed by atoms with van der Waals surface area (Å²) in [5.74, 6) is -0.0589. The number of carbonyl (C=O) groups excluding carboxylic acids is 2. The first-order valence-corrected chi connectivity index (χ1v) is 8.54. The van der Waals surface area contributed by atoms with Crippen LogP contribution in [0.25, 0.3) is 0 Å². The van der Waals surface area contributed by atoms with Crippen molar-refractivity contribution in [3.05, 3.63) is 64.7 Å². The molecule has 0 atom stereocenters. The summed E-state index contributed by atoms with van der Waals surface area (Å²) < 4.78 is 0. The highest BCUT2D eigenvalue weighted by Crippen LogP contribution is 2.18. The Balaban J connectivity index is 1.94. The zero-order valence-electron chi connectivity index (χ0n) is 15.4. The molecule has 0 saturated heterocycles. The van der Waals surface area contributed by atoms with Crippen molar-refractivity contribution in [2.45, 2.75) is 34.1 Å². The van der Waals surface area contributed by atoms with E-state index >= 15 is 0 Å². The molecule has 0 spiro atoms. The van der Waals surface area contributed by atoms with Crippen molar-refractivity contribution in [1.29, 1.82) is 0 Å². The maximum Gasteiger partial charge on any atom is 0.224 e. The molecule has 0 fully saturated rings. The molecule has 0 saturated carbocycles. The lowest BCUT2D eigenvalue weighted by Crippen LogP contribution is -2.38. The molecule has 2 aromatic carbocycles. The minimum Gasteiger partial charge on any atom is -0.354 e. The number of rotatable bonds is 6. The Hall–Kier alpha value is -2.62. The van der Waals surface area contributed by atoms with Gasteiger partial charge in [-0.05, 0) is 55.2 Å².